The van der Waals surface area contributed by atoms with Gasteiger partial charge in [0, 0.05) is 0 Å². The van der Waals surface area contributed by atoms with Gasteiger partial charge in [0.1, 0.15) is 0 Å². The summed E-state index contributed by atoms with van der Waals surface area (Å²) in [4.78, 5) is 2.67. The molecule has 0 rings (SSSR count). The maximum Gasteiger partial charge on any atom is -0.00187 e. The minimum atomic E-state index is 0. The summed E-state index contributed by atoms with van der Waals surface area (Å²) < 4.78 is 0. The summed E-state index contributed by atoms with van der Waals surface area (Å²) in [6.45, 7) is 15.2. The predicted octanol–water partition coefficient (Wildman–Crippen LogP) is 9.46. The Morgan fingerprint density at radius 2 is 0.708 bits per heavy atom. The Balaban J connectivity index is -0.0000000580. The van der Waals surface area contributed by atoms with Gasteiger partial charge >= 0.3 is 0 Å². The zero-order valence-electron chi connectivity index (χ0n) is 14.6. The predicted molar refractivity (Wildman–Crippen MR) is 125 cm³/mol. The average molecular weight is 352 g/mol. The molecule has 0 amide bonds. The van der Waals surface area contributed by atoms with Crippen molar-refractivity contribution in [2.24, 2.45) is 0 Å². The van der Waals surface area contributed by atoms with E-state index in [4.69, 9.17) is 0 Å². The lowest BCUT2D eigenvalue weighted by Gasteiger charge is -2.21. The Labute approximate surface area is 161 Å². The molecule has 1 nitrogen and oxygen atoms in total. The second-order valence-corrected chi connectivity index (χ2v) is 5.61. The highest BCUT2D eigenvalue weighted by Crippen LogP contribution is 2.04. The first-order chi connectivity index (χ1) is 9.26. The molecule has 0 bridgehead atoms. The third-order valence-corrected chi connectivity index (χ3v) is 3.48. The van der Waals surface area contributed by atoms with Crippen LogP contribution in [-0.2, 0) is 0 Å². The Bertz CT molecular complexity index is 124. The maximum atomic E-state index is 2.67. The van der Waals surface area contributed by atoms with Crippen LogP contribution in [-0.4, -0.2) is 24.5 Å². The van der Waals surface area contributed by atoms with Crippen molar-refractivity contribution in [1.82, 2.24) is 4.90 Å². The van der Waals surface area contributed by atoms with E-state index >= 15 is 0 Å². The largest absolute Gasteiger partial charge is 0.303 e. The second-order valence-electron chi connectivity index (χ2n) is 5.61. The number of hydrogen-bond acceptors (Lipinski definition) is 1. The van der Waals surface area contributed by atoms with E-state index in [1.807, 2.05) is 0 Å². The normalized spacial score (nSPS) is 8.25. The van der Waals surface area contributed by atoms with Gasteiger partial charge in [-0.1, -0.05) is 117 Å². The molecule has 0 saturated carbocycles. The summed E-state index contributed by atoms with van der Waals surface area (Å²) in [5.74, 6) is 0. The highest BCUT2D eigenvalue weighted by molar-refractivity contribution is 4.58. The van der Waals surface area contributed by atoms with Crippen molar-refractivity contribution >= 4 is 0 Å². The van der Waals surface area contributed by atoms with Crippen molar-refractivity contribution in [3.05, 3.63) is 0 Å². The monoisotopic (exact) mass is 351 g/mol. The van der Waals surface area contributed by atoms with Crippen LogP contribution in [0.3, 0.4) is 0 Å². The molecule has 0 heterocycles. The summed E-state index contributed by atoms with van der Waals surface area (Å²) in [5.41, 5.74) is 0. The van der Waals surface area contributed by atoms with Crippen LogP contribution in [0.5, 0.6) is 0 Å². The van der Waals surface area contributed by atoms with Gasteiger partial charge in [0.05, 0.1) is 0 Å². The molecule has 0 atom stereocenters. The van der Waals surface area contributed by atoms with Gasteiger partial charge in [0.15, 0.2) is 0 Å². The summed E-state index contributed by atoms with van der Waals surface area (Å²) in [5, 5.41) is 0. The minimum absolute atomic E-state index is 0. The third-order valence-electron chi connectivity index (χ3n) is 3.48. The molecule has 0 spiro atoms. The van der Waals surface area contributed by atoms with Crippen LogP contribution in [0.25, 0.3) is 0 Å². The molecule has 0 aliphatic carbocycles. The molecule has 0 aromatic carbocycles. The average Bonchev–Trinajstić information content (AvgIpc) is 2.45. The first-order valence-corrected chi connectivity index (χ1v) is 8.98. The zero-order valence-corrected chi connectivity index (χ0v) is 14.6. The fourth-order valence-electron chi connectivity index (χ4n) is 1.86. The number of unbranched alkanes of at least 4 members (excludes halogenated alkanes) is 6. The Morgan fingerprint density at radius 3 is 1.00 bits per heavy atom. The van der Waals surface area contributed by atoms with Gasteiger partial charge < -0.3 is 4.90 Å². The van der Waals surface area contributed by atoms with Gasteiger partial charge in [0.2, 0.25) is 0 Å². The SMILES string of the molecule is C.C.C.C.C.CCCC.CCCCCCN(CCCC)CCCC. The molecule has 0 N–H and O–H groups in total. The third kappa shape index (κ3) is 43.1. The van der Waals surface area contributed by atoms with Gasteiger partial charge in [-0.15, -0.1) is 0 Å². The summed E-state index contributed by atoms with van der Waals surface area (Å²) >= 11 is 0. The standard InChI is InChI=1S/C14H31N.C4H10.5CH4/c1-4-7-10-11-14-15(12-8-5-2)13-9-6-3;1-3-4-2;;;;;/h4-14H2,1-3H3;3-4H2,1-2H3;5*1H4. The topological polar surface area (TPSA) is 3.24 Å². The Hall–Kier alpha value is -0.0400. The first kappa shape index (κ1) is 43.9. The smallest absolute Gasteiger partial charge is 0.00187 e. The van der Waals surface area contributed by atoms with E-state index in [0.29, 0.717) is 0 Å². The Morgan fingerprint density at radius 1 is 0.375 bits per heavy atom. The summed E-state index contributed by atoms with van der Waals surface area (Å²) in [6, 6.07) is 0. The van der Waals surface area contributed by atoms with Gasteiger partial charge in [-0.05, 0) is 38.9 Å². The van der Waals surface area contributed by atoms with Crippen LogP contribution in [0, 0.1) is 0 Å². The van der Waals surface area contributed by atoms with Crippen LogP contribution >= 0.6 is 0 Å². The first-order valence-electron chi connectivity index (χ1n) is 8.98. The molecule has 1 heteroatoms. The van der Waals surface area contributed by atoms with Crippen LogP contribution in [0.1, 0.15) is 136 Å². The van der Waals surface area contributed by atoms with E-state index in [1.165, 1.54) is 83.8 Å². The van der Waals surface area contributed by atoms with Crippen molar-refractivity contribution in [2.45, 2.75) is 136 Å². The molecule has 0 fully saturated rings. The zero-order chi connectivity index (χ0) is 14.8. The van der Waals surface area contributed by atoms with Crippen LogP contribution < -0.4 is 0 Å². The minimum Gasteiger partial charge on any atom is -0.303 e. The lowest BCUT2D eigenvalue weighted by Crippen LogP contribution is -2.27. The molecule has 0 unspecified atom stereocenters. The van der Waals surface area contributed by atoms with Crippen LogP contribution in [0.4, 0.5) is 0 Å². The van der Waals surface area contributed by atoms with E-state index < -0.39 is 0 Å². The summed E-state index contributed by atoms with van der Waals surface area (Å²) in [6.07, 6.45) is 13.6. The van der Waals surface area contributed by atoms with Crippen molar-refractivity contribution in [2.75, 3.05) is 19.6 Å². The maximum absolute atomic E-state index is 2.67. The fraction of sp³-hybridized carbons (Fsp3) is 1.00. The number of hydrogen-bond donors (Lipinski definition) is 0. The van der Waals surface area contributed by atoms with E-state index in [9.17, 15) is 0 Å². The van der Waals surface area contributed by atoms with E-state index in [1.54, 1.807) is 0 Å². The second kappa shape index (κ2) is 43.5. The highest BCUT2D eigenvalue weighted by Gasteiger charge is 2.02. The Kier molecular flexibility index (Phi) is 79.5. The molecular weight excluding hydrogens is 290 g/mol. The van der Waals surface area contributed by atoms with Crippen LogP contribution in [0.15, 0.2) is 0 Å². The molecule has 0 aliphatic heterocycles. The molecule has 24 heavy (non-hydrogen) atoms. The number of rotatable bonds is 12. The number of nitrogens with zero attached hydrogens (tertiary/aromatic N) is 1. The molecule has 0 aliphatic rings. The lowest BCUT2D eigenvalue weighted by molar-refractivity contribution is 0.259. The van der Waals surface area contributed by atoms with E-state index in [-0.39, 0.29) is 37.1 Å². The molecule has 0 aromatic heterocycles. The van der Waals surface area contributed by atoms with Crippen molar-refractivity contribution in [1.29, 1.82) is 0 Å². The molecule has 158 valence electrons. The lowest BCUT2D eigenvalue weighted by atomic mass is 10.2. The van der Waals surface area contributed by atoms with Gasteiger partial charge in [-0.3, -0.25) is 0 Å². The fourth-order valence-corrected chi connectivity index (χ4v) is 1.86. The van der Waals surface area contributed by atoms with Crippen molar-refractivity contribution < 1.29 is 0 Å². The molecule has 0 aromatic rings. The highest BCUT2D eigenvalue weighted by atomic mass is 15.1. The van der Waals surface area contributed by atoms with Gasteiger partial charge in [0.25, 0.3) is 0 Å². The van der Waals surface area contributed by atoms with Crippen molar-refractivity contribution in [3.63, 3.8) is 0 Å². The van der Waals surface area contributed by atoms with Crippen molar-refractivity contribution in [3.8, 4) is 0 Å². The van der Waals surface area contributed by atoms with E-state index in [0.717, 1.165) is 0 Å². The van der Waals surface area contributed by atoms with Gasteiger partial charge in [-0.25, -0.2) is 0 Å². The quantitative estimate of drug-likeness (QED) is 0.316. The van der Waals surface area contributed by atoms with Gasteiger partial charge in [-0.2, -0.15) is 0 Å². The molecule has 0 radical (unpaired) electrons. The molecule has 0 saturated heterocycles. The summed E-state index contributed by atoms with van der Waals surface area (Å²) in [7, 11) is 0. The van der Waals surface area contributed by atoms with Crippen LogP contribution in [0.2, 0.25) is 0 Å². The van der Waals surface area contributed by atoms with E-state index in [2.05, 4.69) is 39.5 Å². The molecular formula is C23H61N.